The first kappa shape index (κ1) is 21.5. The van der Waals surface area contributed by atoms with E-state index in [-0.39, 0.29) is 29.8 Å². The lowest BCUT2D eigenvalue weighted by atomic mass is 10.1. The summed E-state index contributed by atoms with van der Waals surface area (Å²) < 4.78 is 13.4. The summed E-state index contributed by atoms with van der Waals surface area (Å²) in [6, 6.07) is 10.5. The minimum absolute atomic E-state index is 0.0917. The second-order valence-electron chi connectivity index (χ2n) is 5.69. The number of rotatable bonds is 7. The van der Waals surface area contributed by atoms with Gasteiger partial charge in [-0.15, -0.1) is 10.2 Å². The molecule has 0 atom stereocenters. The van der Waals surface area contributed by atoms with Crippen LogP contribution in [0.15, 0.2) is 46.8 Å². The van der Waals surface area contributed by atoms with Crippen molar-refractivity contribution in [3.05, 3.63) is 63.9 Å². The Bertz CT molecular complexity index is 1030. The maximum absolute atomic E-state index is 12.9. The lowest BCUT2D eigenvalue weighted by molar-refractivity contribution is -0.115. The van der Waals surface area contributed by atoms with Crippen LogP contribution >= 0.6 is 46.3 Å². The van der Waals surface area contributed by atoms with Gasteiger partial charge >= 0.3 is 0 Å². The summed E-state index contributed by atoms with van der Waals surface area (Å²) >= 11 is 14.1. The smallest absolute Gasteiger partial charge is 0.234 e. The molecule has 11 heteroatoms. The molecule has 2 aromatic carbocycles. The lowest BCUT2D eigenvalue weighted by Gasteiger charge is -2.05. The van der Waals surface area contributed by atoms with Gasteiger partial charge in [-0.25, -0.2) is 4.39 Å². The topological polar surface area (TPSA) is 84.0 Å². The van der Waals surface area contributed by atoms with Gasteiger partial charge in [-0.05, 0) is 35.9 Å². The summed E-state index contributed by atoms with van der Waals surface area (Å²) in [6.07, 6.45) is 0.0917. The van der Waals surface area contributed by atoms with Crippen molar-refractivity contribution in [3.63, 3.8) is 0 Å². The second-order valence-corrected chi connectivity index (χ2v) is 8.70. The zero-order chi connectivity index (χ0) is 20.8. The number of halogens is 3. The molecule has 0 saturated carbocycles. The Labute approximate surface area is 183 Å². The second kappa shape index (κ2) is 10.0. The summed E-state index contributed by atoms with van der Waals surface area (Å²) in [5.41, 5.74) is 1.22. The van der Waals surface area contributed by atoms with Crippen LogP contribution in [0, 0.1) is 5.82 Å². The van der Waals surface area contributed by atoms with Crippen molar-refractivity contribution in [1.29, 1.82) is 0 Å². The minimum Gasteiger partial charge on any atom is -0.325 e. The third kappa shape index (κ3) is 6.67. The fraction of sp³-hybridized carbons (Fsp3) is 0.111. The number of hydrogen-bond acceptors (Lipinski definition) is 6. The Morgan fingerprint density at radius 1 is 1.00 bits per heavy atom. The van der Waals surface area contributed by atoms with Crippen LogP contribution in [0.4, 0.5) is 15.2 Å². The van der Waals surface area contributed by atoms with Crippen LogP contribution in [0.1, 0.15) is 5.56 Å². The number of carbonyl (C=O) groups is 2. The number of nitrogens with one attached hydrogen (secondary N) is 2. The van der Waals surface area contributed by atoms with Gasteiger partial charge in [0.2, 0.25) is 16.9 Å². The van der Waals surface area contributed by atoms with Crippen molar-refractivity contribution in [2.45, 2.75) is 10.8 Å². The highest BCUT2D eigenvalue weighted by atomic mass is 35.5. The molecule has 0 radical (unpaired) electrons. The molecule has 2 amide bonds. The van der Waals surface area contributed by atoms with E-state index in [1.165, 1.54) is 23.9 Å². The summed E-state index contributed by atoms with van der Waals surface area (Å²) in [5.74, 6) is -0.784. The summed E-state index contributed by atoms with van der Waals surface area (Å²) in [7, 11) is 0. The van der Waals surface area contributed by atoms with E-state index in [9.17, 15) is 14.0 Å². The fourth-order valence-electron chi connectivity index (χ4n) is 2.17. The van der Waals surface area contributed by atoms with Gasteiger partial charge in [0.05, 0.1) is 22.2 Å². The molecule has 0 fully saturated rings. The number of hydrogen-bond donors (Lipinski definition) is 2. The predicted molar refractivity (Wildman–Crippen MR) is 114 cm³/mol. The quantitative estimate of drug-likeness (QED) is 0.379. The average molecular weight is 471 g/mol. The van der Waals surface area contributed by atoms with Gasteiger partial charge in [-0.1, -0.05) is 58.4 Å². The molecule has 0 aliphatic rings. The molecular weight excluding hydrogens is 458 g/mol. The van der Waals surface area contributed by atoms with Gasteiger partial charge in [0, 0.05) is 5.69 Å². The highest BCUT2D eigenvalue weighted by molar-refractivity contribution is 8.01. The molecule has 3 aromatic rings. The molecule has 0 bridgehead atoms. The van der Waals surface area contributed by atoms with E-state index < -0.39 is 0 Å². The molecular formula is C18H13Cl2FN4O2S2. The zero-order valence-corrected chi connectivity index (χ0v) is 17.8. The molecule has 3 rings (SSSR count). The molecule has 29 heavy (non-hydrogen) atoms. The molecule has 1 aromatic heterocycles. The standard InChI is InChI=1S/C18H13Cl2FN4O2S2/c19-13-6-5-12(8-14(13)20)22-16(27)9-28-18-25-24-17(29-18)23-15(26)7-10-1-3-11(21)4-2-10/h1-6,8H,7,9H2,(H,22,27)(H,23,24,26). The Morgan fingerprint density at radius 2 is 1.76 bits per heavy atom. The molecule has 0 unspecified atom stereocenters. The van der Waals surface area contributed by atoms with Gasteiger partial charge < -0.3 is 10.6 Å². The first-order chi connectivity index (χ1) is 13.9. The van der Waals surface area contributed by atoms with Crippen molar-refractivity contribution < 1.29 is 14.0 Å². The van der Waals surface area contributed by atoms with Gasteiger partial charge in [-0.2, -0.15) is 0 Å². The van der Waals surface area contributed by atoms with Crippen molar-refractivity contribution >= 4 is 68.9 Å². The summed E-state index contributed by atoms with van der Waals surface area (Å²) in [6.45, 7) is 0. The molecule has 0 spiro atoms. The monoisotopic (exact) mass is 470 g/mol. The van der Waals surface area contributed by atoms with Gasteiger partial charge in [0.1, 0.15) is 5.82 Å². The van der Waals surface area contributed by atoms with Crippen molar-refractivity contribution in [1.82, 2.24) is 10.2 Å². The number of carbonyl (C=O) groups excluding carboxylic acids is 2. The number of anilines is 2. The summed E-state index contributed by atoms with van der Waals surface area (Å²) in [5, 5.41) is 14.2. The van der Waals surface area contributed by atoms with Gasteiger partial charge in [0.25, 0.3) is 0 Å². The molecule has 6 nitrogen and oxygen atoms in total. The van der Waals surface area contributed by atoms with E-state index >= 15 is 0 Å². The first-order valence-corrected chi connectivity index (χ1v) is 10.7. The van der Waals surface area contributed by atoms with E-state index in [1.807, 2.05) is 0 Å². The largest absolute Gasteiger partial charge is 0.325 e. The van der Waals surface area contributed by atoms with Crippen LogP contribution in [-0.2, 0) is 16.0 Å². The number of benzene rings is 2. The van der Waals surface area contributed by atoms with E-state index in [0.717, 1.165) is 11.3 Å². The van der Waals surface area contributed by atoms with Crippen LogP contribution in [0.2, 0.25) is 10.0 Å². The van der Waals surface area contributed by atoms with Crippen molar-refractivity contribution in [3.8, 4) is 0 Å². The number of amides is 2. The predicted octanol–water partition coefficient (Wildman–Crippen LogP) is 4.90. The number of aromatic nitrogens is 2. The van der Waals surface area contributed by atoms with Crippen LogP contribution in [-0.4, -0.2) is 27.8 Å². The third-order valence-electron chi connectivity index (χ3n) is 3.46. The van der Waals surface area contributed by atoms with Crippen LogP contribution < -0.4 is 10.6 Å². The Kier molecular flexibility index (Phi) is 7.43. The maximum atomic E-state index is 12.9. The zero-order valence-electron chi connectivity index (χ0n) is 14.6. The third-order valence-corrected chi connectivity index (χ3v) is 6.17. The lowest BCUT2D eigenvalue weighted by Crippen LogP contribution is -2.14. The molecule has 1 heterocycles. The highest BCUT2D eigenvalue weighted by Crippen LogP contribution is 2.27. The van der Waals surface area contributed by atoms with Gasteiger partial charge in [-0.3, -0.25) is 9.59 Å². The maximum Gasteiger partial charge on any atom is 0.234 e. The minimum atomic E-state index is -0.358. The van der Waals surface area contributed by atoms with E-state index in [4.69, 9.17) is 23.2 Å². The van der Waals surface area contributed by atoms with E-state index in [0.29, 0.717) is 30.8 Å². The number of nitrogens with zero attached hydrogens (tertiary/aromatic N) is 2. The first-order valence-electron chi connectivity index (χ1n) is 8.14. The average Bonchev–Trinajstić information content (AvgIpc) is 3.12. The van der Waals surface area contributed by atoms with Crippen LogP contribution in [0.5, 0.6) is 0 Å². The van der Waals surface area contributed by atoms with Crippen LogP contribution in [0.25, 0.3) is 0 Å². The van der Waals surface area contributed by atoms with E-state index in [1.54, 1.807) is 30.3 Å². The van der Waals surface area contributed by atoms with E-state index in [2.05, 4.69) is 20.8 Å². The SMILES string of the molecule is O=C(CSc1nnc(NC(=O)Cc2ccc(F)cc2)s1)Nc1ccc(Cl)c(Cl)c1. The molecule has 150 valence electrons. The summed E-state index contributed by atoms with van der Waals surface area (Å²) in [4.78, 5) is 24.1. The van der Waals surface area contributed by atoms with Crippen LogP contribution in [0.3, 0.4) is 0 Å². The Hall–Kier alpha value is -2.20. The Balaban J connectivity index is 1.46. The molecule has 0 saturated heterocycles. The molecule has 0 aliphatic heterocycles. The molecule has 0 aliphatic carbocycles. The van der Waals surface area contributed by atoms with Crippen molar-refractivity contribution in [2.24, 2.45) is 0 Å². The fourth-order valence-corrected chi connectivity index (χ4v) is 4.03. The number of thioether (sulfide) groups is 1. The normalized spacial score (nSPS) is 10.6. The highest BCUT2D eigenvalue weighted by Gasteiger charge is 2.12. The van der Waals surface area contributed by atoms with Crippen molar-refractivity contribution in [2.75, 3.05) is 16.4 Å². The van der Waals surface area contributed by atoms with Gasteiger partial charge in [0.15, 0.2) is 4.34 Å². The Morgan fingerprint density at radius 3 is 2.48 bits per heavy atom. The molecule has 2 N–H and O–H groups in total.